The molecule has 0 heterocycles. The highest BCUT2D eigenvalue weighted by Gasteiger charge is 2.32. The SMILES string of the molecule is CCCOc1ccc(S(=O)(=O)NCC(CC)(OC)c2ccccc2)cc1. The lowest BCUT2D eigenvalue weighted by Gasteiger charge is -2.32. The van der Waals surface area contributed by atoms with Gasteiger partial charge < -0.3 is 9.47 Å². The highest BCUT2D eigenvalue weighted by molar-refractivity contribution is 7.89. The summed E-state index contributed by atoms with van der Waals surface area (Å²) in [6.45, 7) is 4.75. The Balaban J connectivity index is 2.15. The van der Waals surface area contributed by atoms with E-state index in [1.54, 1.807) is 31.4 Å². The molecule has 142 valence electrons. The van der Waals surface area contributed by atoms with E-state index in [1.165, 1.54) is 0 Å². The first kappa shape index (κ1) is 20.4. The molecular formula is C20H27NO4S. The molecule has 0 saturated heterocycles. The van der Waals surface area contributed by atoms with E-state index < -0.39 is 15.6 Å². The van der Waals surface area contributed by atoms with Crippen LogP contribution in [0.3, 0.4) is 0 Å². The molecule has 0 aliphatic carbocycles. The molecule has 0 aliphatic rings. The lowest BCUT2D eigenvalue weighted by molar-refractivity contribution is -0.0133. The Morgan fingerprint density at radius 1 is 1.00 bits per heavy atom. The Morgan fingerprint density at radius 2 is 1.65 bits per heavy atom. The molecule has 0 saturated carbocycles. The van der Waals surface area contributed by atoms with E-state index in [2.05, 4.69) is 4.72 Å². The lowest BCUT2D eigenvalue weighted by atomic mass is 9.91. The van der Waals surface area contributed by atoms with Gasteiger partial charge >= 0.3 is 0 Å². The fraction of sp³-hybridized carbons (Fsp3) is 0.400. The number of sulfonamides is 1. The number of nitrogens with one attached hydrogen (secondary N) is 1. The summed E-state index contributed by atoms with van der Waals surface area (Å²) in [6, 6.07) is 16.1. The predicted octanol–water partition coefficient (Wildman–Crippen LogP) is 3.71. The largest absolute Gasteiger partial charge is 0.494 e. The summed E-state index contributed by atoms with van der Waals surface area (Å²) in [5.41, 5.74) is 0.231. The third-order valence-electron chi connectivity index (χ3n) is 4.42. The zero-order valence-corrected chi connectivity index (χ0v) is 16.4. The van der Waals surface area contributed by atoms with Crippen LogP contribution < -0.4 is 9.46 Å². The molecule has 0 spiro atoms. The van der Waals surface area contributed by atoms with Crippen molar-refractivity contribution in [3.05, 3.63) is 60.2 Å². The summed E-state index contributed by atoms with van der Waals surface area (Å²) < 4.78 is 39.2. The van der Waals surface area contributed by atoms with Crippen LogP contribution in [0, 0.1) is 0 Å². The van der Waals surface area contributed by atoms with Crippen molar-refractivity contribution in [2.45, 2.75) is 37.2 Å². The molecule has 0 fully saturated rings. The maximum atomic E-state index is 12.7. The molecule has 1 atom stereocenters. The van der Waals surface area contributed by atoms with Crippen LogP contribution >= 0.6 is 0 Å². The zero-order valence-electron chi connectivity index (χ0n) is 15.6. The van der Waals surface area contributed by atoms with Crippen molar-refractivity contribution < 1.29 is 17.9 Å². The van der Waals surface area contributed by atoms with E-state index in [9.17, 15) is 8.42 Å². The third kappa shape index (κ3) is 4.84. The van der Waals surface area contributed by atoms with E-state index in [-0.39, 0.29) is 11.4 Å². The Kier molecular flexibility index (Phi) is 7.20. The van der Waals surface area contributed by atoms with Crippen molar-refractivity contribution in [3.63, 3.8) is 0 Å². The van der Waals surface area contributed by atoms with Gasteiger partial charge in [0.25, 0.3) is 0 Å². The van der Waals surface area contributed by atoms with Crippen LogP contribution in [0.5, 0.6) is 5.75 Å². The second-order valence-electron chi connectivity index (χ2n) is 6.06. The Morgan fingerprint density at radius 3 is 2.19 bits per heavy atom. The van der Waals surface area contributed by atoms with E-state index >= 15 is 0 Å². The van der Waals surface area contributed by atoms with E-state index in [4.69, 9.17) is 9.47 Å². The fourth-order valence-electron chi connectivity index (χ4n) is 2.74. The van der Waals surface area contributed by atoms with Gasteiger partial charge in [0.05, 0.1) is 11.5 Å². The van der Waals surface area contributed by atoms with Crippen LogP contribution in [0.4, 0.5) is 0 Å². The third-order valence-corrected chi connectivity index (χ3v) is 5.83. The summed E-state index contributed by atoms with van der Waals surface area (Å²) in [5, 5.41) is 0. The molecule has 0 amide bonds. The maximum Gasteiger partial charge on any atom is 0.240 e. The summed E-state index contributed by atoms with van der Waals surface area (Å²) in [5.74, 6) is 0.662. The van der Waals surface area contributed by atoms with Crippen LogP contribution in [0.25, 0.3) is 0 Å². The second kappa shape index (κ2) is 9.16. The van der Waals surface area contributed by atoms with Gasteiger partial charge in [-0.05, 0) is 42.7 Å². The van der Waals surface area contributed by atoms with Crippen LogP contribution in [0.2, 0.25) is 0 Å². The summed E-state index contributed by atoms with van der Waals surface area (Å²) in [4.78, 5) is 0.204. The molecule has 2 aromatic rings. The highest BCUT2D eigenvalue weighted by Crippen LogP contribution is 2.28. The van der Waals surface area contributed by atoms with Gasteiger partial charge in [-0.25, -0.2) is 13.1 Å². The first-order chi connectivity index (χ1) is 12.5. The molecular weight excluding hydrogens is 350 g/mol. The zero-order chi connectivity index (χ0) is 19.0. The minimum absolute atomic E-state index is 0.153. The van der Waals surface area contributed by atoms with Gasteiger partial charge in [0.2, 0.25) is 10.0 Å². The smallest absolute Gasteiger partial charge is 0.240 e. The van der Waals surface area contributed by atoms with Crippen LogP contribution in [0.15, 0.2) is 59.5 Å². The number of rotatable bonds is 10. The van der Waals surface area contributed by atoms with Gasteiger partial charge in [0.1, 0.15) is 11.4 Å². The molecule has 6 heteroatoms. The van der Waals surface area contributed by atoms with Crippen molar-refractivity contribution in [3.8, 4) is 5.75 Å². The quantitative estimate of drug-likeness (QED) is 0.686. The second-order valence-corrected chi connectivity index (χ2v) is 7.83. The Labute approximate surface area is 156 Å². The number of hydrogen-bond acceptors (Lipinski definition) is 4. The molecule has 0 aliphatic heterocycles. The van der Waals surface area contributed by atoms with E-state index in [0.717, 1.165) is 12.0 Å². The summed E-state index contributed by atoms with van der Waals surface area (Å²) in [7, 11) is -2.04. The van der Waals surface area contributed by atoms with Crippen LogP contribution in [0.1, 0.15) is 32.3 Å². The minimum atomic E-state index is -3.64. The molecule has 26 heavy (non-hydrogen) atoms. The minimum Gasteiger partial charge on any atom is -0.494 e. The monoisotopic (exact) mass is 377 g/mol. The van der Waals surface area contributed by atoms with Gasteiger partial charge in [-0.1, -0.05) is 44.2 Å². The van der Waals surface area contributed by atoms with Gasteiger partial charge in [-0.15, -0.1) is 0 Å². The average Bonchev–Trinajstić information content (AvgIpc) is 2.69. The van der Waals surface area contributed by atoms with E-state index in [0.29, 0.717) is 18.8 Å². The van der Waals surface area contributed by atoms with Gasteiger partial charge in [-0.2, -0.15) is 0 Å². The fourth-order valence-corrected chi connectivity index (χ4v) is 3.82. The van der Waals surface area contributed by atoms with Crippen molar-refractivity contribution >= 4 is 10.0 Å². The number of hydrogen-bond donors (Lipinski definition) is 1. The highest BCUT2D eigenvalue weighted by atomic mass is 32.2. The normalized spacial score (nSPS) is 14.0. The average molecular weight is 378 g/mol. The Bertz CT molecular complexity index is 769. The maximum absolute atomic E-state index is 12.7. The van der Waals surface area contributed by atoms with Crippen molar-refractivity contribution in [2.75, 3.05) is 20.3 Å². The molecule has 1 N–H and O–H groups in total. The number of ether oxygens (including phenoxy) is 2. The van der Waals surface area contributed by atoms with Gasteiger partial charge in [0.15, 0.2) is 0 Å². The first-order valence-electron chi connectivity index (χ1n) is 8.80. The summed E-state index contributed by atoms with van der Waals surface area (Å²) >= 11 is 0. The number of methoxy groups -OCH3 is 1. The topological polar surface area (TPSA) is 64.6 Å². The molecule has 2 rings (SSSR count). The van der Waals surface area contributed by atoms with Gasteiger partial charge in [-0.3, -0.25) is 0 Å². The molecule has 0 radical (unpaired) electrons. The van der Waals surface area contributed by atoms with Crippen molar-refractivity contribution in [1.82, 2.24) is 4.72 Å². The predicted molar refractivity (Wildman–Crippen MR) is 103 cm³/mol. The Hall–Kier alpha value is -1.89. The van der Waals surface area contributed by atoms with Crippen molar-refractivity contribution in [2.24, 2.45) is 0 Å². The van der Waals surface area contributed by atoms with Crippen molar-refractivity contribution in [1.29, 1.82) is 0 Å². The first-order valence-corrected chi connectivity index (χ1v) is 10.3. The summed E-state index contributed by atoms with van der Waals surface area (Å²) in [6.07, 6.45) is 1.54. The van der Waals surface area contributed by atoms with Gasteiger partial charge in [0, 0.05) is 13.7 Å². The molecule has 5 nitrogen and oxygen atoms in total. The molecule has 0 bridgehead atoms. The van der Waals surface area contributed by atoms with Crippen LogP contribution in [-0.2, 0) is 20.4 Å². The molecule has 1 unspecified atom stereocenters. The molecule has 2 aromatic carbocycles. The van der Waals surface area contributed by atoms with E-state index in [1.807, 2.05) is 44.2 Å². The van der Waals surface area contributed by atoms with Crippen LogP contribution in [-0.4, -0.2) is 28.7 Å². The standard InChI is InChI=1S/C20H27NO4S/c1-4-15-25-18-11-13-19(14-12-18)26(22,23)21-16-20(5-2,24-3)17-9-7-6-8-10-17/h6-14,21H,4-5,15-16H2,1-3H3. The number of benzene rings is 2. The molecule has 0 aromatic heterocycles. The lowest BCUT2D eigenvalue weighted by Crippen LogP contribution is -2.41.